The minimum atomic E-state index is -3.38. The first kappa shape index (κ1) is 30.1. The van der Waals surface area contributed by atoms with Crippen LogP contribution < -0.4 is 20.5 Å². The fourth-order valence-electron chi connectivity index (χ4n) is 5.93. The molecule has 1 heterocycles. The number of aliphatic hydroxyl groups excluding tert-OH is 1. The summed E-state index contributed by atoms with van der Waals surface area (Å²) in [6, 6.07) is 11.9. The maximum atomic E-state index is 15.9. The zero-order chi connectivity index (χ0) is 30.2. The number of amides is 1. The molecule has 1 saturated carbocycles. The molecule has 224 valence electrons. The van der Waals surface area contributed by atoms with Gasteiger partial charge in [0.1, 0.15) is 17.7 Å². The van der Waals surface area contributed by atoms with Gasteiger partial charge < -0.3 is 30.4 Å². The van der Waals surface area contributed by atoms with Crippen LogP contribution in [0.2, 0.25) is 5.02 Å². The molecular weight excluding hydrogens is 580 g/mol. The number of primary amides is 1. The van der Waals surface area contributed by atoms with E-state index >= 15 is 8.78 Å². The highest BCUT2D eigenvalue weighted by Crippen LogP contribution is 2.57. The minimum Gasteiger partial charge on any atom is -0.478 e. The smallest absolute Gasteiger partial charge is 0.387 e. The Hall–Kier alpha value is -3.38. The number of benzene rings is 3. The highest BCUT2D eigenvalue weighted by molar-refractivity contribution is 6.34. The molecule has 42 heavy (non-hydrogen) atoms. The third-order valence-electron chi connectivity index (χ3n) is 7.89. The van der Waals surface area contributed by atoms with E-state index in [2.05, 4.69) is 10.1 Å². The lowest BCUT2D eigenvalue weighted by molar-refractivity contribution is -0.0577. The van der Waals surface area contributed by atoms with Crippen LogP contribution in [0.5, 0.6) is 11.5 Å². The van der Waals surface area contributed by atoms with Crippen LogP contribution in [-0.4, -0.2) is 43.4 Å². The second kappa shape index (κ2) is 12.1. The van der Waals surface area contributed by atoms with Gasteiger partial charge in [0.2, 0.25) is 5.91 Å². The number of nitrogens with two attached hydrogens (primary N) is 1. The third-order valence-corrected chi connectivity index (χ3v) is 8.26. The van der Waals surface area contributed by atoms with Crippen molar-refractivity contribution in [2.45, 2.75) is 56.1 Å². The average molecular weight is 609 g/mol. The number of nitrogens with one attached hydrogen (secondary N) is 1. The lowest BCUT2D eigenvalue weighted by atomic mass is 9.82. The molecule has 3 aromatic rings. The van der Waals surface area contributed by atoms with Crippen molar-refractivity contribution in [3.8, 4) is 22.6 Å². The molecule has 0 aromatic heterocycles. The van der Waals surface area contributed by atoms with Crippen molar-refractivity contribution in [2.75, 3.05) is 13.7 Å². The van der Waals surface area contributed by atoms with Crippen LogP contribution in [0.1, 0.15) is 53.3 Å². The molecule has 2 aliphatic rings. The number of carbonyl (C=O) groups is 1. The molecule has 12 heteroatoms. The molecule has 5 rings (SSSR count). The van der Waals surface area contributed by atoms with Crippen LogP contribution in [-0.2, 0) is 10.3 Å². The van der Waals surface area contributed by atoms with Gasteiger partial charge in [0, 0.05) is 42.5 Å². The van der Waals surface area contributed by atoms with E-state index in [1.807, 2.05) is 6.07 Å². The summed E-state index contributed by atoms with van der Waals surface area (Å²) in [5.41, 5.74) is 3.56. The molecule has 0 saturated heterocycles. The number of methoxy groups -OCH3 is 1. The van der Waals surface area contributed by atoms with Crippen LogP contribution >= 0.6 is 11.6 Å². The minimum absolute atomic E-state index is 0.0423. The molecule has 1 aliphatic carbocycles. The second-order valence-corrected chi connectivity index (χ2v) is 10.7. The number of rotatable bonds is 9. The van der Waals surface area contributed by atoms with Crippen LogP contribution in [0.15, 0.2) is 48.5 Å². The summed E-state index contributed by atoms with van der Waals surface area (Å²) >= 11 is 6.46. The Labute approximate surface area is 244 Å². The van der Waals surface area contributed by atoms with Gasteiger partial charge in [-0.3, -0.25) is 4.79 Å². The van der Waals surface area contributed by atoms with Crippen molar-refractivity contribution in [1.82, 2.24) is 5.32 Å². The molecule has 1 amide bonds. The molecule has 1 aliphatic heterocycles. The van der Waals surface area contributed by atoms with E-state index in [9.17, 15) is 18.7 Å². The summed E-state index contributed by atoms with van der Waals surface area (Å²) in [7, 11) is 1.39. The van der Waals surface area contributed by atoms with Crippen molar-refractivity contribution in [3.05, 3.63) is 81.9 Å². The van der Waals surface area contributed by atoms with Crippen molar-refractivity contribution in [3.63, 3.8) is 0 Å². The summed E-state index contributed by atoms with van der Waals surface area (Å²) in [6.07, 6.45) is 1.27. The number of ether oxygens (including phenoxy) is 3. The van der Waals surface area contributed by atoms with E-state index in [-0.39, 0.29) is 35.6 Å². The normalized spacial score (nSPS) is 23.5. The molecule has 0 unspecified atom stereocenters. The van der Waals surface area contributed by atoms with Gasteiger partial charge in [-0.1, -0.05) is 41.9 Å². The van der Waals surface area contributed by atoms with Gasteiger partial charge in [-0.15, -0.1) is 0 Å². The average Bonchev–Trinajstić information content (AvgIpc) is 3.28. The van der Waals surface area contributed by atoms with E-state index < -0.39 is 57.8 Å². The highest BCUT2D eigenvalue weighted by Gasteiger charge is 2.53. The van der Waals surface area contributed by atoms with Crippen molar-refractivity contribution >= 4 is 17.5 Å². The van der Waals surface area contributed by atoms with Gasteiger partial charge >= 0.3 is 6.61 Å². The highest BCUT2D eigenvalue weighted by atomic mass is 35.5. The Morgan fingerprint density at radius 3 is 2.45 bits per heavy atom. The molecule has 1 fully saturated rings. The van der Waals surface area contributed by atoms with Crippen molar-refractivity contribution < 1.29 is 41.7 Å². The number of halogens is 5. The SMILES string of the molecule is CO[C@H]1c2c(cc(F)c(Cl)c2-c2c(C(N)=O)ccc(OC(F)F)c2F)O[C@]1(CN[C@H]1CC[C@H](O)CC1)c1ccccc1. The zero-order valence-corrected chi connectivity index (χ0v) is 23.3. The topological polar surface area (TPSA) is 103 Å². The Balaban J connectivity index is 1.71. The van der Waals surface area contributed by atoms with E-state index in [0.717, 1.165) is 18.2 Å². The molecule has 3 aromatic carbocycles. The quantitative estimate of drug-likeness (QED) is 0.263. The van der Waals surface area contributed by atoms with Crippen LogP contribution in [0.4, 0.5) is 17.6 Å². The van der Waals surface area contributed by atoms with Gasteiger partial charge in [0.15, 0.2) is 17.2 Å². The first-order chi connectivity index (χ1) is 20.1. The van der Waals surface area contributed by atoms with E-state index in [4.69, 9.17) is 26.8 Å². The predicted molar refractivity (Wildman–Crippen MR) is 147 cm³/mol. The maximum absolute atomic E-state index is 15.9. The van der Waals surface area contributed by atoms with Crippen molar-refractivity contribution in [2.24, 2.45) is 5.73 Å². The first-order valence-corrected chi connectivity index (χ1v) is 13.7. The summed E-state index contributed by atoms with van der Waals surface area (Å²) in [6.45, 7) is -3.23. The van der Waals surface area contributed by atoms with E-state index in [1.54, 1.807) is 24.3 Å². The lowest BCUT2D eigenvalue weighted by Crippen LogP contribution is -2.49. The van der Waals surface area contributed by atoms with Gasteiger partial charge in [-0.25, -0.2) is 8.78 Å². The number of fused-ring (bicyclic) bond motifs is 1. The zero-order valence-electron chi connectivity index (χ0n) is 22.5. The molecule has 0 radical (unpaired) electrons. The molecule has 4 N–H and O–H groups in total. The standard InChI is InChI=1S/C30H29ClF4N2O5/c1-40-27-23-21(42-30(27,15-5-3-2-4-6-15)14-37-16-7-9-17(38)10-8-16)13-19(32)25(31)24(23)22-18(28(36)39)11-12-20(26(22)33)41-29(34)35/h2-6,11-13,16-17,27,29,37-38H,7-10,14H2,1H3,(H2,36,39)/t16-,17-,27-,30+/m0/s1. The van der Waals surface area contributed by atoms with Crippen LogP contribution in [0.3, 0.4) is 0 Å². The third kappa shape index (κ3) is 5.42. The molecule has 7 nitrogen and oxygen atoms in total. The van der Waals surface area contributed by atoms with Gasteiger partial charge in [-0.2, -0.15) is 8.78 Å². The monoisotopic (exact) mass is 608 g/mol. The lowest BCUT2D eigenvalue weighted by Gasteiger charge is -2.37. The Morgan fingerprint density at radius 2 is 1.83 bits per heavy atom. The predicted octanol–water partition coefficient (Wildman–Crippen LogP) is 5.85. The maximum Gasteiger partial charge on any atom is 0.387 e. The van der Waals surface area contributed by atoms with Gasteiger partial charge in [0.25, 0.3) is 0 Å². The Bertz CT molecular complexity index is 1470. The summed E-state index contributed by atoms with van der Waals surface area (Å²) in [4.78, 5) is 12.4. The van der Waals surface area contributed by atoms with Crippen molar-refractivity contribution in [1.29, 1.82) is 0 Å². The molecule has 0 spiro atoms. The fourth-order valence-corrected chi connectivity index (χ4v) is 6.18. The fraction of sp³-hybridized carbons (Fsp3) is 0.367. The largest absolute Gasteiger partial charge is 0.478 e. The van der Waals surface area contributed by atoms with E-state index in [0.29, 0.717) is 31.2 Å². The number of hydrogen-bond acceptors (Lipinski definition) is 6. The van der Waals surface area contributed by atoms with Crippen LogP contribution in [0.25, 0.3) is 11.1 Å². The number of aliphatic hydroxyl groups is 1. The van der Waals surface area contributed by atoms with E-state index in [1.165, 1.54) is 7.11 Å². The van der Waals surface area contributed by atoms with Gasteiger partial charge in [0.05, 0.1) is 16.7 Å². The molecule has 0 bridgehead atoms. The van der Waals surface area contributed by atoms with Crippen LogP contribution in [0, 0.1) is 11.6 Å². The Kier molecular flexibility index (Phi) is 8.66. The summed E-state index contributed by atoms with van der Waals surface area (Å²) in [5, 5.41) is 12.8. The van der Waals surface area contributed by atoms with Gasteiger partial charge in [-0.05, 0) is 43.4 Å². The summed E-state index contributed by atoms with van der Waals surface area (Å²) in [5.74, 6) is -4.42. The Morgan fingerprint density at radius 1 is 1.14 bits per heavy atom. The molecule has 2 atom stereocenters. The number of carbonyl (C=O) groups excluding carboxylic acids is 1. The first-order valence-electron chi connectivity index (χ1n) is 13.4. The number of hydrogen-bond donors (Lipinski definition) is 3. The molecular formula is C30H29ClF4N2O5. The summed E-state index contributed by atoms with van der Waals surface area (Å²) < 4.78 is 74.3. The second-order valence-electron chi connectivity index (χ2n) is 10.4. The number of alkyl halides is 2.